The molecule has 5 atom stereocenters. The van der Waals surface area contributed by atoms with Gasteiger partial charge in [-0.3, -0.25) is 18.6 Å². The third kappa shape index (κ3) is 3.45. The molecule has 0 bridgehead atoms. The molecule has 2 aliphatic rings. The van der Waals surface area contributed by atoms with Gasteiger partial charge < -0.3 is 29.3 Å². The molecular weight excluding hydrogens is 363 g/mol. The molecule has 1 spiro atoms. The average Bonchev–Trinajstić information content (AvgIpc) is 2.48. The number of phosphoric acid groups is 1. The minimum absolute atomic E-state index is 0.689. The van der Waals surface area contributed by atoms with Crippen LogP contribution >= 0.6 is 7.82 Å². The van der Waals surface area contributed by atoms with Crippen molar-refractivity contribution in [2.24, 2.45) is 5.41 Å². The van der Waals surface area contributed by atoms with Gasteiger partial charge in [0.25, 0.3) is 5.79 Å². The number of aliphatic hydroxyl groups excluding tert-OH is 2. The number of ether oxygens (including phenoxy) is 3. The molecule has 5 unspecified atom stereocenters. The van der Waals surface area contributed by atoms with Crippen LogP contribution < -0.4 is 0 Å². The molecule has 2 saturated heterocycles. The summed E-state index contributed by atoms with van der Waals surface area (Å²) in [6.45, 7) is 3.29. The van der Waals surface area contributed by atoms with Crippen molar-refractivity contribution >= 4 is 19.8 Å². The predicted molar refractivity (Wildman–Crippen MR) is 77.8 cm³/mol. The number of hydrogen-bond acceptors (Lipinski definition) is 10. The Balaban J connectivity index is 2.34. The van der Waals surface area contributed by atoms with Crippen molar-refractivity contribution < 1.29 is 52.5 Å². The number of hydrogen-bond donors (Lipinski definition) is 3. The van der Waals surface area contributed by atoms with Gasteiger partial charge >= 0.3 is 19.8 Å². The second-order valence-electron chi connectivity index (χ2n) is 6.26. The number of aliphatic hydroxyl groups is 2. The number of carbonyl (C=O) groups is 2. The summed E-state index contributed by atoms with van der Waals surface area (Å²) in [5.74, 6) is -3.94. The number of carbonyl (C=O) groups excluding carboxylic acids is 2. The van der Waals surface area contributed by atoms with E-state index in [1.165, 1.54) is 20.8 Å². The minimum atomic E-state index is -4.39. The minimum Gasteiger partial charge on any atom is -0.422 e. The van der Waals surface area contributed by atoms with Gasteiger partial charge in [0.05, 0.1) is 12.7 Å². The largest absolute Gasteiger partial charge is 0.472 e. The molecule has 12 heteroatoms. The fraction of sp³-hybridized carbons (Fsp3) is 0.846. The lowest BCUT2D eigenvalue weighted by Crippen LogP contribution is -2.72. The van der Waals surface area contributed by atoms with E-state index in [0.717, 1.165) is 7.11 Å². The number of cyclic esters (lactones) is 2. The SMILES string of the molecule is COP(=O)(O)OCC1OC(C)C(O)C2(C(=O)OC(C)(C)OC2=O)C1O. The second-order valence-corrected chi connectivity index (χ2v) is 7.82. The van der Waals surface area contributed by atoms with Gasteiger partial charge in [0.1, 0.15) is 18.3 Å². The summed E-state index contributed by atoms with van der Waals surface area (Å²) >= 11 is 0. The summed E-state index contributed by atoms with van der Waals surface area (Å²) in [4.78, 5) is 34.3. The quantitative estimate of drug-likeness (QED) is 0.313. The molecule has 2 fully saturated rings. The molecule has 0 aromatic carbocycles. The van der Waals surface area contributed by atoms with Crippen molar-refractivity contribution in [1.29, 1.82) is 0 Å². The zero-order valence-corrected chi connectivity index (χ0v) is 15.0. The van der Waals surface area contributed by atoms with Crippen LogP contribution in [-0.4, -0.2) is 71.0 Å². The molecule has 0 aliphatic carbocycles. The van der Waals surface area contributed by atoms with Crippen LogP contribution in [0.4, 0.5) is 0 Å². The third-order valence-electron chi connectivity index (χ3n) is 4.10. The van der Waals surface area contributed by atoms with Crippen molar-refractivity contribution in [3.05, 3.63) is 0 Å². The molecular formula is C13H21O11P. The van der Waals surface area contributed by atoms with Crippen LogP contribution in [0.5, 0.6) is 0 Å². The van der Waals surface area contributed by atoms with Crippen molar-refractivity contribution in [1.82, 2.24) is 0 Å². The van der Waals surface area contributed by atoms with E-state index in [9.17, 15) is 29.3 Å². The molecule has 2 aliphatic heterocycles. The lowest BCUT2D eigenvalue weighted by molar-refractivity contribution is -0.296. The van der Waals surface area contributed by atoms with Gasteiger partial charge in [-0.2, -0.15) is 0 Å². The van der Waals surface area contributed by atoms with Crippen LogP contribution in [0, 0.1) is 5.41 Å². The van der Waals surface area contributed by atoms with E-state index in [1.54, 1.807) is 0 Å². The first-order valence-corrected chi connectivity index (χ1v) is 8.88. The van der Waals surface area contributed by atoms with Crippen LogP contribution in [0.1, 0.15) is 20.8 Å². The average molecular weight is 384 g/mol. The zero-order chi connectivity index (χ0) is 19.2. The van der Waals surface area contributed by atoms with Crippen molar-refractivity contribution in [3.8, 4) is 0 Å². The molecule has 11 nitrogen and oxygen atoms in total. The van der Waals surface area contributed by atoms with Crippen molar-refractivity contribution in [2.45, 2.75) is 51.0 Å². The van der Waals surface area contributed by atoms with Crippen molar-refractivity contribution in [2.75, 3.05) is 13.7 Å². The predicted octanol–water partition coefficient (Wildman–Crippen LogP) is -0.919. The molecule has 2 heterocycles. The Kier molecular flexibility index (Phi) is 5.33. The summed E-state index contributed by atoms with van der Waals surface area (Å²) in [7, 11) is -3.46. The topological polar surface area (TPSA) is 158 Å². The first-order chi connectivity index (χ1) is 11.4. The third-order valence-corrected chi connectivity index (χ3v) is 5.04. The second kappa shape index (κ2) is 6.58. The smallest absolute Gasteiger partial charge is 0.422 e. The first-order valence-electron chi connectivity index (χ1n) is 7.39. The van der Waals surface area contributed by atoms with E-state index in [-0.39, 0.29) is 0 Å². The first kappa shape index (κ1) is 20.2. The van der Waals surface area contributed by atoms with Crippen LogP contribution in [0.25, 0.3) is 0 Å². The van der Waals surface area contributed by atoms with Gasteiger partial charge in [-0.05, 0) is 6.92 Å². The molecule has 0 radical (unpaired) electrons. The lowest BCUT2D eigenvalue weighted by atomic mass is 9.70. The highest BCUT2D eigenvalue weighted by Crippen LogP contribution is 2.47. The maximum atomic E-state index is 12.5. The highest BCUT2D eigenvalue weighted by molar-refractivity contribution is 7.47. The van der Waals surface area contributed by atoms with Crippen molar-refractivity contribution in [3.63, 3.8) is 0 Å². The molecule has 25 heavy (non-hydrogen) atoms. The molecule has 2 rings (SSSR count). The molecule has 0 aromatic rings. The van der Waals surface area contributed by atoms with Crippen LogP contribution in [0.3, 0.4) is 0 Å². The monoisotopic (exact) mass is 384 g/mol. The van der Waals surface area contributed by atoms with Gasteiger partial charge in [0.2, 0.25) is 5.41 Å². The van der Waals surface area contributed by atoms with Gasteiger partial charge in [0.15, 0.2) is 0 Å². The summed E-state index contributed by atoms with van der Waals surface area (Å²) in [6.07, 6.45) is -6.24. The van der Waals surface area contributed by atoms with Gasteiger partial charge in [0, 0.05) is 21.0 Å². The Morgan fingerprint density at radius 2 is 1.68 bits per heavy atom. The highest BCUT2D eigenvalue weighted by atomic mass is 31.2. The fourth-order valence-corrected chi connectivity index (χ4v) is 3.26. The van der Waals surface area contributed by atoms with E-state index in [0.29, 0.717) is 0 Å². The van der Waals surface area contributed by atoms with Gasteiger partial charge in [-0.15, -0.1) is 0 Å². The highest BCUT2D eigenvalue weighted by Gasteiger charge is 2.70. The summed E-state index contributed by atoms with van der Waals surface area (Å²) in [5, 5.41) is 20.9. The van der Waals surface area contributed by atoms with Crippen LogP contribution in [-0.2, 0) is 37.4 Å². The number of phosphoric ester groups is 1. The molecule has 144 valence electrons. The van der Waals surface area contributed by atoms with E-state index in [2.05, 4.69) is 9.05 Å². The van der Waals surface area contributed by atoms with Gasteiger partial charge in [-0.1, -0.05) is 0 Å². The summed E-state index contributed by atoms with van der Waals surface area (Å²) < 4.78 is 35.6. The van der Waals surface area contributed by atoms with Gasteiger partial charge in [-0.25, -0.2) is 4.57 Å². The number of rotatable bonds is 4. The van der Waals surface area contributed by atoms with Crippen LogP contribution in [0.15, 0.2) is 0 Å². The summed E-state index contributed by atoms with van der Waals surface area (Å²) in [5.41, 5.74) is -2.46. The Bertz CT molecular complexity index is 583. The molecule has 3 N–H and O–H groups in total. The molecule has 0 amide bonds. The summed E-state index contributed by atoms with van der Waals surface area (Å²) in [6, 6.07) is 0. The van der Waals surface area contributed by atoms with E-state index in [4.69, 9.17) is 14.2 Å². The Labute approximate surface area is 143 Å². The normalized spacial score (nSPS) is 36.4. The zero-order valence-electron chi connectivity index (χ0n) is 14.1. The van der Waals surface area contributed by atoms with E-state index in [1.807, 2.05) is 0 Å². The van der Waals surface area contributed by atoms with E-state index < -0.39 is 62.0 Å². The standard InChI is InChI=1S/C13H21O11P/c1-6-8(14)13(10(16)23-12(2,3)24-11(13)17)9(15)7(22-6)5-21-25(18,19)20-4/h6-9,14-15H,5H2,1-4H3,(H,18,19). The maximum absolute atomic E-state index is 12.5. The Morgan fingerprint density at radius 3 is 2.16 bits per heavy atom. The Hall–Kier alpha value is -1.07. The molecule has 0 aromatic heterocycles. The molecule has 0 saturated carbocycles. The van der Waals surface area contributed by atoms with Crippen LogP contribution in [0.2, 0.25) is 0 Å². The lowest BCUT2D eigenvalue weighted by Gasteiger charge is -2.50. The van der Waals surface area contributed by atoms with E-state index >= 15 is 0 Å². The number of esters is 2. The fourth-order valence-electron chi connectivity index (χ4n) is 2.82. The maximum Gasteiger partial charge on any atom is 0.472 e. The Morgan fingerprint density at radius 1 is 1.16 bits per heavy atom.